The molecule has 0 bridgehead atoms. The van der Waals surface area contributed by atoms with Gasteiger partial charge in [-0.05, 0) is 75.0 Å². The smallest absolute Gasteiger partial charge is 0.257 e. The number of anilines is 1. The first-order valence-electron chi connectivity index (χ1n) is 11.3. The Kier molecular flexibility index (Phi) is 6.99. The number of likely N-dealkylation sites (tertiary alicyclic amines) is 2. The molecule has 0 radical (unpaired) electrons. The number of amides is 2. The van der Waals surface area contributed by atoms with Gasteiger partial charge in [0.15, 0.2) is 0 Å². The predicted octanol–water partition coefficient (Wildman–Crippen LogP) is 2.57. The first-order chi connectivity index (χ1) is 15.5. The van der Waals surface area contributed by atoms with E-state index in [9.17, 15) is 18.8 Å². The second-order valence-corrected chi connectivity index (χ2v) is 8.70. The van der Waals surface area contributed by atoms with Crippen LogP contribution < -0.4 is 10.9 Å². The van der Waals surface area contributed by atoms with Gasteiger partial charge in [-0.3, -0.25) is 14.4 Å². The molecule has 2 amide bonds. The van der Waals surface area contributed by atoms with Crippen molar-refractivity contribution in [3.63, 3.8) is 0 Å². The maximum atomic E-state index is 13.1. The van der Waals surface area contributed by atoms with E-state index >= 15 is 0 Å². The van der Waals surface area contributed by atoms with Crippen molar-refractivity contribution in [2.45, 2.75) is 32.2 Å². The number of nitrogens with one attached hydrogen (secondary N) is 1. The van der Waals surface area contributed by atoms with Crippen LogP contribution in [0.25, 0.3) is 0 Å². The highest BCUT2D eigenvalue weighted by atomic mass is 19.1. The lowest BCUT2D eigenvalue weighted by molar-refractivity contribution is -0.133. The van der Waals surface area contributed by atoms with Crippen LogP contribution in [-0.2, 0) is 11.3 Å². The van der Waals surface area contributed by atoms with E-state index in [2.05, 4.69) is 10.2 Å². The highest BCUT2D eigenvalue weighted by Gasteiger charge is 2.26. The molecule has 0 unspecified atom stereocenters. The summed E-state index contributed by atoms with van der Waals surface area (Å²) in [6.45, 7) is 4.65. The second kappa shape index (κ2) is 10.1. The van der Waals surface area contributed by atoms with Crippen LogP contribution >= 0.6 is 0 Å². The van der Waals surface area contributed by atoms with Crippen molar-refractivity contribution in [3.8, 4) is 0 Å². The lowest BCUT2D eigenvalue weighted by Crippen LogP contribution is -2.45. The van der Waals surface area contributed by atoms with Crippen molar-refractivity contribution in [1.82, 2.24) is 14.4 Å². The fraction of sp³-hybridized carbons (Fsp3) is 0.458. The van der Waals surface area contributed by atoms with Gasteiger partial charge in [-0.1, -0.05) is 0 Å². The summed E-state index contributed by atoms with van der Waals surface area (Å²) in [6, 6.07) is 8.15. The van der Waals surface area contributed by atoms with E-state index in [4.69, 9.17) is 0 Å². The van der Waals surface area contributed by atoms with Crippen molar-refractivity contribution >= 4 is 17.5 Å². The van der Waals surface area contributed by atoms with Gasteiger partial charge in [0.05, 0.1) is 5.56 Å². The number of aromatic nitrogens is 1. The minimum absolute atomic E-state index is 0.0903. The minimum atomic E-state index is -0.429. The van der Waals surface area contributed by atoms with Gasteiger partial charge in [-0.15, -0.1) is 0 Å². The summed E-state index contributed by atoms with van der Waals surface area (Å²) in [4.78, 5) is 42.1. The Labute approximate surface area is 186 Å². The van der Waals surface area contributed by atoms with Gasteiger partial charge in [0.25, 0.3) is 11.5 Å². The van der Waals surface area contributed by atoms with Crippen LogP contribution in [-0.4, -0.2) is 58.9 Å². The third-order valence-electron chi connectivity index (χ3n) is 6.24. The summed E-state index contributed by atoms with van der Waals surface area (Å²) in [5, 5.41) is 2.67. The minimum Gasteiger partial charge on any atom is -0.341 e. The van der Waals surface area contributed by atoms with Crippen LogP contribution in [0.5, 0.6) is 0 Å². The van der Waals surface area contributed by atoms with E-state index in [1.165, 1.54) is 60.0 Å². The largest absolute Gasteiger partial charge is 0.341 e. The Balaban J connectivity index is 1.38. The second-order valence-electron chi connectivity index (χ2n) is 8.70. The van der Waals surface area contributed by atoms with E-state index in [1.54, 1.807) is 0 Å². The summed E-state index contributed by atoms with van der Waals surface area (Å²) in [5.41, 5.74) is 0.372. The van der Waals surface area contributed by atoms with E-state index in [0.29, 0.717) is 18.2 Å². The molecule has 1 aromatic carbocycles. The molecule has 2 aromatic rings. The van der Waals surface area contributed by atoms with Gasteiger partial charge in [0.2, 0.25) is 5.91 Å². The molecular weight excluding hydrogens is 411 g/mol. The van der Waals surface area contributed by atoms with E-state index < -0.39 is 11.7 Å². The zero-order chi connectivity index (χ0) is 22.5. The van der Waals surface area contributed by atoms with Gasteiger partial charge in [-0.2, -0.15) is 0 Å². The molecule has 2 saturated heterocycles. The van der Waals surface area contributed by atoms with E-state index in [-0.39, 0.29) is 23.6 Å². The number of pyridine rings is 1. The fourth-order valence-corrected chi connectivity index (χ4v) is 4.54. The van der Waals surface area contributed by atoms with E-state index in [1.807, 2.05) is 4.90 Å². The third kappa shape index (κ3) is 5.62. The highest BCUT2D eigenvalue weighted by molar-refractivity contribution is 6.04. The molecule has 0 aliphatic carbocycles. The topological polar surface area (TPSA) is 74.6 Å². The molecular formula is C24H29FN4O3. The summed E-state index contributed by atoms with van der Waals surface area (Å²) in [5.74, 6) is -0.457. The molecule has 170 valence electrons. The van der Waals surface area contributed by atoms with Gasteiger partial charge in [0.1, 0.15) is 12.4 Å². The molecule has 0 spiro atoms. The number of carbonyl (C=O) groups excluding carboxylic acids is 2. The lowest BCUT2D eigenvalue weighted by Gasteiger charge is -2.34. The summed E-state index contributed by atoms with van der Waals surface area (Å²) >= 11 is 0. The molecule has 1 aromatic heterocycles. The molecule has 3 heterocycles. The van der Waals surface area contributed by atoms with Crippen molar-refractivity contribution in [1.29, 1.82) is 0 Å². The monoisotopic (exact) mass is 440 g/mol. The van der Waals surface area contributed by atoms with Crippen LogP contribution in [0.1, 0.15) is 36.0 Å². The quantitative estimate of drug-likeness (QED) is 0.749. The number of rotatable bonds is 6. The zero-order valence-corrected chi connectivity index (χ0v) is 18.1. The molecule has 0 saturated carbocycles. The summed E-state index contributed by atoms with van der Waals surface area (Å²) in [7, 11) is 0. The van der Waals surface area contributed by atoms with Crippen LogP contribution in [0.2, 0.25) is 0 Å². The van der Waals surface area contributed by atoms with Gasteiger partial charge in [0, 0.05) is 37.6 Å². The van der Waals surface area contributed by atoms with Crippen LogP contribution in [0, 0.1) is 11.7 Å². The van der Waals surface area contributed by atoms with Crippen molar-refractivity contribution < 1.29 is 14.0 Å². The van der Waals surface area contributed by atoms with Gasteiger partial charge in [-0.25, -0.2) is 4.39 Å². The predicted molar refractivity (Wildman–Crippen MR) is 120 cm³/mol. The number of hydrogen-bond acceptors (Lipinski definition) is 4. The van der Waals surface area contributed by atoms with Crippen LogP contribution in [0.4, 0.5) is 10.1 Å². The molecule has 2 aliphatic rings. The lowest BCUT2D eigenvalue weighted by atomic mass is 9.97. The molecule has 2 fully saturated rings. The van der Waals surface area contributed by atoms with E-state index in [0.717, 1.165) is 39.0 Å². The number of nitrogens with zero attached hydrogens (tertiary/aromatic N) is 3. The Morgan fingerprint density at radius 2 is 1.75 bits per heavy atom. The van der Waals surface area contributed by atoms with Gasteiger partial charge < -0.3 is 19.7 Å². The molecule has 7 nitrogen and oxygen atoms in total. The molecule has 8 heteroatoms. The third-order valence-corrected chi connectivity index (χ3v) is 6.24. The molecule has 1 atom stereocenters. The number of benzene rings is 1. The first-order valence-corrected chi connectivity index (χ1v) is 11.3. The Morgan fingerprint density at radius 1 is 1.00 bits per heavy atom. The Hall–Kier alpha value is -3.00. The number of halogens is 1. The number of piperidine rings is 1. The fourth-order valence-electron chi connectivity index (χ4n) is 4.54. The zero-order valence-electron chi connectivity index (χ0n) is 18.1. The van der Waals surface area contributed by atoms with Gasteiger partial charge >= 0.3 is 0 Å². The number of hydrogen-bond donors (Lipinski definition) is 1. The molecule has 1 N–H and O–H groups in total. The number of carbonyl (C=O) groups is 2. The van der Waals surface area contributed by atoms with Crippen molar-refractivity contribution in [3.05, 3.63) is 64.3 Å². The SMILES string of the molecule is O=C(Nc1ccc(F)cc1)c1ccc(=O)n(CC(=O)N2CCC[C@H](CN3CCCC3)C2)c1. The summed E-state index contributed by atoms with van der Waals surface area (Å²) in [6.07, 6.45) is 6.01. The molecule has 4 rings (SSSR count). The maximum Gasteiger partial charge on any atom is 0.257 e. The standard InChI is InChI=1S/C24H29FN4O3/c25-20-6-8-21(9-7-20)26-24(32)19-5-10-22(30)29(16-19)17-23(31)28-13-3-4-18(15-28)14-27-11-1-2-12-27/h5-10,16,18H,1-4,11-15,17H2,(H,26,32)/t18-/m1/s1. The first kappa shape index (κ1) is 22.2. The Morgan fingerprint density at radius 3 is 2.50 bits per heavy atom. The molecule has 2 aliphatic heterocycles. The Bertz CT molecular complexity index is 1010. The van der Waals surface area contributed by atoms with Crippen LogP contribution in [0.3, 0.4) is 0 Å². The van der Waals surface area contributed by atoms with Crippen LogP contribution in [0.15, 0.2) is 47.4 Å². The normalized spacial score (nSPS) is 19.2. The maximum absolute atomic E-state index is 13.1. The average Bonchev–Trinajstić information content (AvgIpc) is 3.30. The molecule has 32 heavy (non-hydrogen) atoms. The highest BCUT2D eigenvalue weighted by Crippen LogP contribution is 2.20. The average molecular weight is 441 g/mol. The van der Waals surface area contributed by atoms with Crippen molar-refractivity contribution in [2.24, 2.45) is 5.92 Å². The van der Waals surface area contributed by atoms with Crippen molar-refractivity contribution in [2.75, 3.05) is 38.0 Å². The summed E-state index contributed by atoms with van der Waals surface area (Å²) < 4.78 is 14.3.